The molecule has 5 heteroatoms. The molecule has 1 aliphatic rings. The summed E-state index contributed by atoms with van der Waals surface area (Å²) in [6, 6.07) is 18.4. The highest BCUT2D eigenvalue weighted by Crippen LogP contribution is 2.17. The molecule has 2 aromatic rings. The van der Waals surface area contributed by atoms with Crippen LogP contribution in [0.1, 0.15) is 11.1 Å². The van der Waals surface area contributed by atoms with E-state index < -0.39 is 11.8 Å². The third kappa shape index (κ3) is 3.25. The van der Waals surface area contributed by atoms with Gasteiger partial charge in [-0.05, 0) is 17.2 Å². The van der Waals surface area contributed by atoms with Crippen molar-refractivity contribution >= 4 is 23.6 Å². The number of aliphatic imine (C=N–C) groups is 1. The smallest absolute Gasteiger partial charge is 0.278 e. The Morgan fingerprint density at radius 1 is 0.913 bits per heavy atom. The first-order valence-electron chi connectivity index (χ1n) is 7.11. The number of carbonyl (C=O) groups excluding carboxylic acids is 2. The molecule has 1 heterocycles. The Kier molecular flexibility index (Phi) is 4.12. The van der Waals surface area contributed by atoms with Crippen LogP contribution in [0.5, 0.6) is 0 Å². The van der Waals surface area contributed by atoms with E-state index in [4.69, 9.17) is 0 Å². The SMILES string of the molecule is O=C1C(Cc2ccccc2)=N/C(=C/c2ccccc2)C(=O)N1O. The number of imide groups is 1. The lowest BCUT2D eigenvalue weighted by molar-refractivity contribution is -0.171. The van der Waals surface area contributed by atoms with Gasteiger partial charge in [0.2, 0.25) is 0 Å². The van der Waals surface area contributed by atoms with Crippen molar-refractivity contribution in [3.05, 3.63) is 77.5 Å². The van der Waals surface area contributed by atoms with Crippen LogP contribution in [0.4, 0.5) is 0 Å². The van der Waals surface area contributed by atoms with E-state index in [1.165, 1.54) is 0 Å². The summed E-state index contributed by atoms with van der Waals surface area (Å²) in [5.74, 6) is -1.61. The van der Waals surface area contributed by atoms with E-state index in [0.29, 0.717) is 0 Å². The summed E-state index contributed by atoms with van der Waals surface area (Å²) >= 11 is 0. The summed E-state index contributed by atoms with van der Waals surface area (Å²) in [4.78, 5) is 28.2. The van der Waals surface area contributed by atoms with Gasteiger partial charge < -0.3 is 0 Å². The van der Waals surface area contributed by atoms with E-state index >= 15 is 0 Å². The van der Waals surface area contributed by atoms with Crippen molar-refractivity contribution in [1.82, 2.24) is 5.06 Å². The first kappa shape index (κ1) is 14.9. The summed E-state index contributed by atoms with van der Waals surface area (Å²) < 4.78 is 0. The van der Waals surface area contributed by atoms with Crippen LogP contribution < -0.4 is 0 Å². The number of hydroxylamine groups is 2. The van der Waals surface area contributed by atoms with Gasteiger partial charge in [0.15, 0.2) is 0 Å². The van der Waals surface area contributed by atoms with Gasteiger partial charge in [0.25, 0.3) is 5.91 Å². The highest BCUT2D eigenvalue weighted by molar-refractivity contribution is 6.44. The molecular weight excluding hydrogens is 292 g/mol. The van der Waals surface area contributed by atoms with Gasteiger partial charge in [-0.1, -0.05) is 60.7 Å². The van der Waals surface area contributed by atoms with E-state index in [1.54, 1.807) is 6.08 Å². The first-order valence-corrected chi connectivity index (χ1v) is 7.11. The third-order valence-electron chi connectivity index (χ3n) is 3.42. The largest absolute Gasteiger partial charge is 0.303 e. The van der Waals surface area contributed by atoms with Crippen molar-refractivity contribution < 1.29 is 14.8 Å². The highest BCUT2D eigenvalue weighted by Gasteiger charge is 2.32. The Morgan fingerprint density at radius 3 is 2.17 bits per heavy atom. The lowest BCUT2D eigenvalue weighted by Crippen LogP contribution is -2.43. The van der Waals surface area contributed by atoms with Crippen LogP contribution in [0, 0.1) is 0 Å². The maximum atomic E-state index is 12.0. The quantitative estimate of drug-likeness (QED) is 0.538. The van der Waals surface area contributed by atoms with Crippen LogP contribution >= 0.6 is 0 Å². The summed E-state index contributed by atoms with van der Waals surface area (Å²) in [6.07, 6.45) is 1.79. The fraction of sp³-hybridized carbons (Fsp3) is 0.0556. The lowest BCUT2D eigenvalue weighted by atomic mass is 10.1. The van der Waals surface area contributed by atoms with Gasteiger partial charge in [-0.2, -0.15) is 0 Å². The van der Waals surface area contributed by atoms with Crippen LogP contribution in [0.3, 0.4) is 0 Å². The molecule has 0 spiro atoms. The molecule has 5 nitrogen and oxygen atoms in total. The number of hydrogen-bond donors (Lipinski definition) is 1. The minimum atomic E-state index is -0.823. The van der Waals surface area contributed by atoms with Crippen LogP contribution in [-0.2, 0) is 16.0 Å². The van der Waals surface area contributed by atoms with Gasteiger partial charge in [-0.25, -0.2) is 4.99 Å². The Balaban J connectivity index is 1.97. The fourth-order valence-corrected chi connectivity index (χ4v) is 2.27. The van der Waals surface area contributed by atoms with Gasteiger partial charge in [0.05, 0.1) is 0 Å². The number of benzene rings is 2. The predicted molar refractivity (Wildman–Crippen MR) is 85.6 cm³/mol. The molecule has 2 amide bonds. The lowest BCUT2D eigenvalue weighted by Gasteiger charge is -2.20. The summed E-state index contributed by atoms with van der Waals surface area (Å²) in [7, 11) is 0. The number of amides is 2. The minimum absolute atomic E-state index is 0.0317. The normalized spacial score (nSPS) is 16.7. The van der Waals surface area contributed by atoms with Crippen molar-refractivity contribution in [3.8, 4) is 0 Å². The van der Waals surface area contributed by atoms with E-state index in [2.05, 4.69) is 4.99 Å². The molecule has 2 aromatic carbocycles. The molecule has 1 aliphatic heterocycles. The maximum Gasteiger partial charge on any atom is 0.303 e. The summed E-state index contributed by atoms with van der Waals surface area (Å²) in [5.41, 5.74) is 1.80. The molecule has 0 atom stereocenters. The molecule has 0 aromatic heterocycles. The Labute approximate surface area is 133 Å². The maximum absolute atomic E-state index is 12.0. The average molecular weight is 306 g/mol. The number of nitrogens with zero attached hydrogens (tertiary/aromatic N) is 2. The molecule has 0 bridgehead atoms. The minimum Gasteiger partial charge on any atom is -0.278 e. The van der Waals surface area contributed by atoms with Crippen molar-refractivity contribution in [1.29, 1.82) is 0 Å². The molecule has 0 saturated heterocycles. The van der Waals surface area contributed by atoms with Crippen molar-refractivity contribution in [3.63, 3.8) is 0 Å². The molecular formula is C18H14N2O3. The topological polar surface area (TPSA) is 70.0 Å². The fourth-order valence-electron chi connectivity index (χ4n) is 2.27. The molecule has 23 heavy (non-hydrogen) atoms. The van der Waals surface area contributed by atoms with E-state index in [0.717, 1.165) is 11.1 Å². The standard InChI is InChI=1S/C18H14N2O3/c21-17-15(11-13-7-3-1-4-8-13)19-16(18(22)20(17)23)12-14-9-5-2-6-10-14/h1-11,23H,12H2/b15-11+. The second-order valence-corrected chi connectivity index (χ2v) is 5.08. The molecule has 0 fully saturated rings. The molecule has 0 radical (unpaired) electrons. The molecule has 3 rings (SSSR count). The second kappa shape index (κ2) is 6.37. The zero-order valence-electron chi connectivity index (χ0n) is 12.2. The van der Waals surface area contributed by atoms with Crippen LogP contribution in [0.25, 0.3) is 6.08 Å². The molecule has 0 unspecified atom stereocenters. The number of rotatable bonds is 3. The van der Waals surface area contributed by atoms with Gasteiger partial charge in [-0.3, -0.25) is 14.8 Å². The third-order valence-corrected chi connectivity index (χ3v) is 3.42. The van der Waals surface area contributed by atoms with E-state index in [9.17, 15) is 14.8 Å². The van der Waals surface area contributed by atoms with Gasteiger partial charge in [0, 0.05) is 6.42 Å². The molecule has 1 N–H and O–H groups in total. The van der Waals surface area contributed by atoms with Crippen molar-refractivity contribution in [2.45, 2.75) is 6.42 Å². The van der Waals surface area contributed by atoms with Gasteiger partial charge >= 0.3 is 5.91 Å². The van der Waals surface area contributed by atoms with Crippen LogP contribution in [-0.4, -0.2) is 27.8 Å². The van der Waals surface area contributed by atoms with E-state index in [1.807, 2.05) is 60.7 Å². The molecule has 114 valence electrons. The number of hydrogen-bond acceptors (Lipinski definition) is 4. The van der Waals surface area contributed by atoms with Gasteiger partial charge in [0.1, 0.15) is 11.4 Å². The second-order valence-electron chi connectivity index (χ2n) is 5.08. The number of carbonyl (C=O) groups is 2. The van der Waals surface area contributed by atoms with Crippen LogP contribution in [0.2, 0.25) is 0 Å². The van der Waals surface area contributed by atoms with Crippen LogP contribution in [0.15, 0.2) is 71.4 Å². The summed E-state index contributed by atoms with van der Waals surface area (Å²) in [5, 5.41) is 9.88. The van der Waals surface area contributed by atoms with Crippen molar-refractivity contribution in [2.75, 3.05) is 0 Å². The predicted octanol–water partition coefficient (Wildman–Crippen LogP) is 2.47. The Hall–Kier alpha value is -3.05. The Bertz CT molecular complexity index is 796. The molecule has 0 aliphatic carbocycles. The first-order chi connectivity index (χ1) is 11.1. The van der Waals surface area contributed by atoms with E-state index in [-0.39, 0.29) is 22.9 Å². The highest BCUT2D eigenvalue weighted by atomic mass is 16.5. The molecule has 0 saturated carbocycles. The average Bonchev–Trinajstić information content (AvgIpc) is 2.59. The Morgan fingerprint density at radius 2 is 1.52 bits per heavy atom. The summed E-state index contributed by atoms with van der Waals surface area (Å²) in [6.45, 7) is 0. The zero-order valence-corrected chi connectivity index (χ0v) is 12.2. The van der Waals surface area contributed by atoms with Crippen molar-refractivity contribution in [2.24, 2.45) is 4.99 Å². The van der Waals surface area contributed by atoms with Gasteiger partial charge in [-0.15, -0.1) is 5.06 Å². The zero-order chi connectivity index (χ0) is 16.2. The monoisotopic (exact) mass is 306 g/mol.